The van der Waals surface area contributed by atoms with Gasteiger partial charge in [0, 0.05) is 17.8 Å². The van der Waals surface area contributed by atoms with E-state index < -0.39 is 6.10 Å². The van der Waals surface area contributed by atoms with Crippen molar-refractivity contribution in [2.45, 2.75) is 13.0 Å². The van der Waals surface area contributed by atoms with Gasteiger partial charge < -0.3 is 19.7 Å². The molecule has 0 aliphatic carbocycles. The second-order valence-corrected chi connectivity index (χ2v) is 7.33. The normalized spacial score (nSPS) is 15.2. The summed E-state index contributed by atoms with van der Waals surface area (Å²) in [5, 5.41) is 2.83. The summed E-state index contributed by atoms with van der Waals surface area (Å²) in [6.07, 6.45) is 2.61. The monoisotopic (exact) mass is 428 g/mol. The summed E-state index contributed by atoms with van der Waals surface area (Å²) in [6, 6.07) is 24.3. The van der Waals surface area contributed by atoms with Gasteiger partial charge in [0.05, 0.1) is 12.2 Å². The molecule has 4 rings (SSSR count). The lowest BCUT2D eigenvalue weighted by Gasteiger charge is -2.33. The Hall–Kier alpha value is -4.06. The van der Waals surface area contributed by atoms with Crippen LogP contribution in [0, 0.1) is 0 Å². The van der Waals surface area contributed by atoms with Crippen molar-refractivity contribution in [3.05, 3.63) is 90.5 Å². The van der Waals surface area contributed by atoms with Crippen molar-refractivity contribution >= 4 is 29.3 Å². The number of carbonyl (C=O) groups excluding carboxylic acids is 2. The summed E-state index contributed by atoms with van der Waals surface area (Å²) in [7, 11) is 0. The molecule has 0 fully saturated rings. The first-order valence-electron chi connectivity index (χ1n) is 10.4. The van der Waals surface area contributed by atoms with Crippen LogP contribution in [0.5, 0.6) is 11.5 Å². The van der Waals surface area contributed by atoms with Gasteiger partial charge in [0.25, 0.3) is 5.91 Å². The zero-order valence-corrected chi connectivity index (χ0v) is 17.7. The summed E-state index contributed by atoms with van der Waals surface area (Å²) in [6.45, 7) is 2.45. The van der Waals surface area contributed by atoms with E-state index in [-0.39, 0.29) is 11.8 Å². The first-order valence-corrected chi connectivity index (χ1v) is 10.4. The van der Waals surface area contributed by atoms with Crippen molar-refractivity contribution in [2.24, 2.45) is 0 Å². The molecule has 3 aromatic carbocycles. The molecule has 0 bridgehead atoms. The van der Waals surface area contributed by atoms with Crippen LogP contribution in [0.3, 0.4) is 0 Å². The molecular weight excluding hydrogens is 404 g/mol. The Morgan fingerprint density at radius 2 is 1.78 bits per heavy atom. The number of carbonyl (C=O) groups is 2. The number of amides is 2. The smallest absolute Gasteiger partial charge is 0.267 e. The largest absolute Gasteiger partial charge is 0.492 e. The zero-order valence-electron chi connectivity index (χ0n) is 17.7. The van der Waals surface area contributed by atoms with Crippen LogP contribution in [0.1, 0.15) is 12.5 Å². The van der Waals surface area contributed by atoms with Crippen molar-refractivity contribution in [1.29, 1.82) is 0 Å². The molecule has 0 saturated carbocycles. The number of benzene rings is 3. The summed E-state index contributed by atoms with van der Waals surface area (Å²) < 4.78 is 11.5. The number of fused-ring (bicyclic) bond motifs is 1. The first kappa shape index (κ1) is 21.2. The highest BCUT2D eigenvalue weighted by atomic mass is 16.5. The third-order valence-corrected chi connectivity index (χ3v) is 4.99. The lowest BCUT2D eigenvalue weighted by molar-refractivity contribution is -0.125. The maximum Gasteiger partial charge on any atom is 0.267 e. The molecule has 1 aliphatic heterocycles. The number of para-hydroxylation sites is 1. The summed E-state index contributed by atoms with van der Waals surface area (Å²) >= 11 is 0. The second kappa shape index (κ2) is 9.83. The molecule has 2 amide bonds. The number of hydrogen-bond donors (Lipinski definition) is 1. The molecule has 1 heterocycles. The Bertz CT molecular complexity index is 1110. The predicted octanol–water partition coefficient (Wildman–Crippen LogP) is 4.53. The van der Waals surface area contributed by atoms with Gasteiger partial charge in [0.2, 0.25) is 5.91 Å². The zero-order chi connectivity index (χ0) is 22.3. The van der Waals surface area contributed by atoms with Crippen LogP contribution in [0.25, 0.3) is 6.08 Å². The van der Waals surface area contributed by atoms with Crippen LogP contribution in [0.4, 0.5) is 11.4 Å². The number of nitrogens with zero attached hydrogens (tertiary/aromatic N) is 1. The Kier molecular flexibility index (Phi) is 6.51. The minimum Gasteiger partial charge on any atom is -0.492 e. The third-order valence-electron chi connectivity index (χ3n) is 4.99. The molecule has 1 unspecified atom stereocenters. The van der Waals surface area contributed by atoms with Gasteiger partial charge in [-0.3, -0.25) is 9.59 Å². The SMILES string of the molecule is CC1Oc2cc(NC(=O)/C=C/c3ccccc3)ccc2N(CCOc2ccccc2)C1=O. The van der Waals surface area contributed by atoms with Crippen molar-refractivity contribution < 1.29 is 19.1 Å². The molecule has 0 saturated heterocycles. The van der Waals surface area contributed by atoms with Gasteiger partial charge >= 0.3 is 0 Å². The van der Waals surface area contributed by atoms with E-state index in [9.17, 15) is 9.59 Å². The first-order chi connectivity index (χ1) is 15.6. The molecule has 0 aromatic heterocycles. The Morgan fingerprint density at radius 1 is 1.06 bits per heavy atom. The highest BCUT2D eigenvalue weighted by molar-refractivity contribution is 6.03. The Morgan fingerprint density at radius 3 is 2.53 bits per heavy atom. The highest BCUT2D eigenvalue weighted by Gasteiger charge is 2.31. The van der Waals surface area contributed by atoms with Crippen LogP contribution in [-0.4, -0.2) is 31.1 Å². The van der Waals surface area contributed by atoms with Gasteiger partial charge in [-0.1, -0.05) is 48.5 Å². The van der Waals surface area contributed by atoms with E-state index in [0.717, 1.165) is 11.3 Å². The second-order valence-electron chi connectivity index (χ2n) is 7.33. The number of hydrogen-bond acceptors (Lipinski definition) is 4. The lowest BCUT2D eigenvalue weighted by Crippen LogP contribution is -2.46. The number of rotatable bonds is 7. The summed E-state index contributed by atoms with van der Waals surface area (Å²) in [5.74, 6) is 0.920. The van der Waals surface area contributed by atoms with Crippen molar-refractivity contribution in [3.8, 4) is 11.5 Å². The fraction of sp³-hybridized carbons (Fsp3) is 0.154. The molecule has 1 aliphatic rings. The quantitative estimate of drug-likeness (QED) is 0.562. The molecule has 0 spiro atoms. The summed E-state index contributed by atoms with van der Waals surface area (Å²) in [4.78, 5) is 26.6. The fourth-order valence-corrected chi connectivity index (χ4v) is 3.41. The van der Waals surface area contributed by atoms with E-state index in [1.54, 1.807) is 36.1 Å². The van der Waals surface area contributed by atoms with Gasteiger partial charge in [-0.2, -0.15) is 0 Å². The lowest BCUT2D eigenvalue weighted by atomic mass is 10.1. The van der Waals surface area contributed by atoms with E-state index in [0.29, 0.717) is 30.3 Å². The molecule has 162 valence electrons. The molecule has 6 heteroatoms. The minimum absolute atomic E-state index is 0.128. The van der Waals surface area contributed by atoms with Gasteiger partial charge in [-0.15, -0.1) is 0 Å². The molecule has 1 atom stereocenters. The predicted molar refractivity (Wildman–Crippen MR) is 125 cm³/mol. The van der Waals surface area contributed by atoms with Crippen LogP contribution in [-0.2, 0) is 9.59 Å². The topological polar surface area (TPSA) is 67.9 Å². The Labute approximate surface area is 187 Å². The van der Waals surface area contributed by atoms with E-state index in [4.69, 9.17) is 9.47 Å². The van der Waals surface area contributed by atoms with Crippen LogP contribution >= 0.6 is 0 Å². The van der Waals surface area contributed by atoms with Crippen LogP contribution in [0.2, 0.25) is 0 Å². The van der Waals surface area contributed by atoms with Crippen molar-refractivity contribution in [3.63, 3.8) is 0 Å². The highest BCUT2D eigenvalue weighted by Crippen LogP contribution is 2.36. The van der Waals surface area contributed by atoms with Gasteiger partial charge in [0.15, 0.2) is 6.10 Å². The van der Waals surface area contributed by atoms with Crippen molar-refractivity contribution in [1.82, 2.24) is 0 Å². The van der Waals surface area contributed by atoms with E-state index in [1.165, 1.54) is 6.08 Å². The van der Waals surface area contributed by atoms with E-state index in [1.807, 2.05) is 60.7 Å². The molecule has 3 aromatic rings. The van der Waals surface area contributed by atoms with Gasteiger partial charge in [0.1, 0.15) is 18.1 Å². The molecule has 32 heavy (non-hydrogen) atoms. The molecule has 0 radical (unpaired) electrons. The molecule has 1 N–H and O–H groups in total. The third kappa shape index (κ3) is 5.16. The van der Waals surface area contributed by atoms with E-state index >= 15 is 0 Å². The van der Waals surface area contributed by atoms with Crippen LogP contribution < -0.4 is 19.7 Å². The average Bonchev–Trinajstić information content (AvgIpc) is 2.81. The average molecular weight is 428 g/mol. The van der Waals surface area contributed by atoms with E-state index in [2.05, 4.69) is 5.32 Å². The number of nitrogens with one attached hydrogen (secondary N) is 1. The van der Waals surface area contributed by atoms with Crippen molar-refractivity contribution in [2.75, 3.05) is 23.4 Å². The maximum absolute atomic E-state index is 12.7. The van der Waals surface area contributed by atoms with Crippen LogP contribution in [0.15, 0.2) is 84.9 Å². The Balaban J connectivity index is 1.43. The standard InChI is InChI=1S/C26H24N2O4/c1-19-26(30)28(16-17-31-22-10-6-3-7-11-22)23-14-13-21(18-24(23)32-19)27-25(29)15-12-20-8-4-2-5-9-20/h2-15,18-19H,16-17H2,1H3,(H,27,29)/b15-12+. The molecular formula is C26H24N2O4. The number of ether oxygens (including phenoxy) is 2. The fourth-order valence-electron chi connectivity index (χ4n) is 3.41. The van der Waals surface area contributed by atoms with Gasteiger partial charge in [-0.05, 0) is 42.8 Å². The minimum atomic E-state index is -0.622. The summed E-state index contributed by atoms with van der Waals surface area (Å²) in [5.41, 5.74) is 2.19. The maximum atomic E-state index is 12.7. The molecule has 6 nitrogen and oxygen atoms in total. The number of anilines is 2. The van der Waals surface area contributed by atoms with Gasteiger partial charge in [-0.25, -0.2) is 0 Å².